The van der Waals surface area contributed by atoms with Crippen molar-refractivity contribution in [1.29, 1.82) is 0 Å². The minimum atomic E-state index is -0.126. The first-order chi connectivity index (χ1) is 12.6. The Hall–Kier alpha value is -1.35. The van der Waals surface area contributed by atoms with Crippen LogP contribution in [0.3, 0.4) is 0 Å². The van der Waals surface area contributed by atoms with Gasteiger partial charge in [-0.25, -0.2) is 0 Å². The van der Waals surface area contributed by atoms with Crippen molar-refractivity contribution in [2.75, 3.05) is 19.6 Å². The molecule has 26 heavy (non-hydrogen) atoms. The second-order valence-corrected chi connectivity index (χ2v) is 10.0. The largest absolute Gasteiger partial charge is 0.355 e. The number of nitrogens with one attached hydrogen (secondary N) is 2. The van der Waals surface area contributed by atoms with Gasteiger partial charge < -0.3 is 10.6 Å². The van der Waals surface area contributed by atoms with Crippen LogP contribution in [0.1, 0.15) is 57.4 Å². The fourth-order valence-corrected chi connectivity index (χ4v) is 7.45. The number of rotatable bonds is 4. The summed E-state index contributed by atoms with van der Waals surface area (Å²) >= 11 is 0. The summed E-state index contributed by atoms with van der Waals surface area (Å²) in [6, 6.07) is 11.1. The number of hydrogen-bond acceptors (Lipinski definition) is 2. The number of carbonyl (C=O) groups excluding carboxylic acids is 1. The van der Waals surface area contributed by atoms with Gasteiger partial charge in [0.2, 0.25) is 5.91 Å². The first kappa shape index (κ1) is 16.8. The number of benzene rings is 1. The minimum absolute atomic E-state index is 0.126. The Morgan fingerprint density at radius 2 is 1.88 bits per heavy atom. The number of carbonyl (C=O) groups is 1. The van der Waals surface area contributed by atoms with Crippen molar-refractivity contribution in [3.05, 3.63) is 35.9 Å². The van der Waals surface area contributed by atoms with E-state index >= 15 is 0 Å². The van der Waals surface area contributed by atoms with Gasteiger partial charge in [-0.05, 0) is 86.3 Å². The molecule has 4 saturated carbocycles. The van der Waals surface area contributed by atoms with Gasteiger partial charge in [0.25, 0.3) is 0 Å². The second kappa shape index (κ2) is 5.82. The smallest absolute Gasteiger partial charge is 0.226 e. The maximum absolute atomic E-state index is 13.5. The molecular formula is C23H32N2O. The quantitative estimate of drug-likeness (QED) is 0.869. The van der Waals surface area contributed by atoms with E-state index in [1.54, 1.807) is 0 Å². The summed E-state index contributed by atoms with van der Waals surface area (Å²) in [6.07, 6.45) is 8.31. The fourth-order valence-electron chi connectivity index (χ4n) is 7.45. The average Bonchev–Trinajstić information content (AvgIpc) is 2.98. The summed E-state index contributed by atoms with van der Waals surface area (Å²) in [4.78, 5) is 13.5. The third-order valence-corrected chi connectivity index (χ3v) is 8.41. The summed E-state index contributed by atoms with van der Waals surface area (Å²) in [6.45, 7) is 5.49. The van der Waals surface area contributed by atoms with Gasteiger partial charge in [0, 0.05) is 6.54 Å². The third-order valence-electron chi connectivity index (χ3n) is 8.41. The van der Waals surface area contributed by atoms with Crippen molar-refractivity contribution in [1.82, 2.24) is 10.6 Å². The molecule has 0 spiro atoms. The van der Waals surface area contributed by atoms with Crippen molar-refractivity contribution in [2.24, 2.45) is 22.7 Å². The van der Waals surface area contributed by atoms with E-state index < -0.39 is 0 Å². The fraction of sp³-hybridized carbons (Fsp3) is 0.696. The lowest BCUT2D eigenvalue weighted by Gasteiger charge is -2.41. The van der Waals surface area contributed by atoms with Crippen LogP contribution in [0.25, 0.3) is 0 Å². The van der Waals surface area contributed by atoms with Crippen LogP contribution in [0, 0.1) is 22.7 Å². The zero-order valence-corrected chi connectivity index (χ0v) is 16.0. The van der Waals surface area contributed by atoms with Crippen LogP contribution in [0.5, 0.6) is 0 Å². The lowest BCUT2D eigenvalue weighted by molar-refractivity contribution is -0.136. The maximum Gasteiger partial charge on any atom is 0.226 e. The van der Waals surface area contributed by atoms with Crippen LogP contribution < -0.4 is 10.6 Å². The number of piperidine rings is 1. The van der Waals surface area contributed by atoms with E-state index in [-0.39, 0.29) is 16.2 Å². The molecular weight excluding hydrogens is 320 g/mol. The van der Waals surface area contributed by atoms with Crippen LogP contribution >= 0.6 is 0 Å². The molecule has 0 radical (unpaired) electrons. The predicted molar refractivity (Wildman–Crippen MR) is 104 cm³/mol. The highest BCUT2D eigenvalue weighted by atomic mass is 16.2. The Morgan fingerprint density at radius 1 is 1.12 bits per heavy atom. The van der Waals surface area contributed by atoms with Crippen LogP contribution in [-0.2, 0) is 10.2 Å². The average molecular weight is 353 g/mol. The summed E-state index contributed by atoms with van der Waals surface area (Å²) in [5.41, 5.74) is 1.77. The lowest BCUT2D eigenvalue weighted by Crippen LogP contribution is -2.48. The van der Waals surface area contributed by atoms with Crippen LogP contribution in [-0.4, -0.2) is 25.5 Å². The Bertz CT molecular complexity index is 697. The molecule has 1 aliphatic heterocycles. The highest BCUT2D eigenvalue weighted by molar-refractivity contribution is 5.85. The third kappa shape index (κ3) is 2.32. The maximum atomic E-state index is 13.5. The van der Waals surface area contributed by atoms with E-state index in [4.69, 9.17) is 0 Å². The van der Waals surface area contributed by atoms with Crippen molar-refractivity contribution in [3.63, 3.8) is 0 Å². The molecule has 2 N–H and O–H groups in total. The highest BCUT2D eigenvalue weighted by Gasteiger charge is 2.72. The van der Waals surface area contributed by atoms with E-state index in [0.29, 0.717) is 11.8 Å². The van der Waals surface area contributed by atoms with Crippen molar-refractivity contribution >= 4 is 5.91 Å². The molecule has 5 fully saturated rings. The molecule has 1 aromatic rings. The molecule has 140 valence electrons. The van der Waals surface area contributed by atoms with E-state index in [2.05, 4.69) is 47.9 Å². The topological polar surface area (TPSA) is 41.1 Å². The molecule has 4 atom stereocenters. The molecule has 4 aliphatic carbocycles. The minimum Gasteiger partial charge on any atom is -0.355 e. The van der Waals surface area contributed by atoms with E-state index in [1.807, 2.05) is 0 Å². The predicted octanol–water partition coefficient (Wildman–Crippen LogP) is 3.64. The molecule has 1 aromatic carbocycles. The summed E-state index contributed by atoms with van der Waals surface area (Å²) in [5, 5.41) is 6.85. The lowest BCUT2D eigenvalue weighted by atomic mass is 9.63. The van der Waals surface area contributed by atoms with E-state index in [1.165, 1.54) is 37.7 Å². The normalized spacial score (nSPS) is 41.5. The molecule has 4 bridgehead atoms. The zero-order chi connectivity index (χ0) is 17.8. The molecule has 4 unspecified atom stereocenters. The zero-order valence-electron chi connectivity index (χ0n) is 16.0. The van der Waals surface area contributed by atoms with E-state index in [0.717, 1.165) is 38.4 Å². The Balaban J connectivity index is 1.39. The summed E-state index contributed by atoms with van der Waals surface area (Å²) in [7, 11) is 0. The van der Waals surface area contributed by atoms with Gasteiger partial charge in [0.15, 0.2) is 0 Å². The van der Waals surface area contributed by atoms with Crippen molar-refractivity contribution in [3.8, 4) is 0 Å². The Kier molecular flexibility index (Phi) is 3.76. The molecule has 6 rings (SSSR count). The SMILES string of the molecule is CC12CC3CC(c4ccccc4)(C1)CC2(C(=O)NCC1CCNCC1)C3. The standard InChI is InChI=1S/C23H32N2O/c1-21-11-18-12-22(15-21,19-5-3-2-4-6-19)16-23(21,13-18)20(26)25-14-17-7-9-24-10-8-17/h2-6,17-18,24H,7-16H2,1H3,(H,25,26). The molecule has 1 saturated heterocycles. The van der Waals surface area contributed by atoms with Gasteiger partial charge in [0.1, 0.15) is 0 Å². The van der Waals surface area contributed by atoms with Gasteiger partial charge in [0.05, 0.1) is 5.41 Å². The Labute approximate surface area is 157 Å². The van der Waals surface area contributed by atoms with Crippen LogP contribution in [0.4, 0.5) is 0 Å². The van der Waals surface area contributed by atoms with Gasteiger partial charge in [-0.1, -0.05) is 37.3 Å². The molecule has 1 amide bonds. The van der Waals surface area contributed by atoms with Gasteiger partial charge in [-0.3, -0.25) is 4.79 Å². The van der Waals surface area contributed by atoms with Gasteiger partial charge in [-0.2, -0.15) is 0 Å². The first-order valence-corrected chi connectivity index (χ1v) is 10.6. The molecule has 1 heterocycles. The Morgan fingerprint density at radius 3 is 2.65 bits per heavy atom. The van der Waals surface area contributed by atoms with E-state index in [9.17, 15) is 4.79 Å². The summed E-state index contributed by atoms with van der Waals surface area (Å²) in [5.74, 6) is 1.76. The molecule has 3 heteroatoms. The summed E-state index contributed by atoms with van der Waals surface area (Å²) < 4.78 is 0. The number of hydrogen-bond donors (Lipinski definition) is 2. The van der Waals surface area contributed by atoms with Crippen LogP contribution in [0.15, 0.2) is 30.3 Å². The highest BCUT2D eigenvalue weighted by Crippen LogP contribution is 2.76. The second-order valence-electron chi connectivity index (χ2n) is 10.0. The molecule has 5 aliphatic rings. The molecule has 3 nitrogen and oxygen atoms in total. The van der Waals surface area contributed by atoms with Crippen molar-refractivity contribution in [2.45, 2.75) is 57.3 Å². The van der Waals surface area contributed by atoms with Gasteiger partial charge >= 0.3 is 0 Å². The number of amides is 1. The van der Waals surface area contributed by atoms with Gasteiger partial charge in [-0.15, -0.1) is 0 Å². The van der Waals surface area contributed by atoms with Crippen molar-refractivity contribution < 1.29 is 4.79 Å². The molecule has 0 aromatic heterocycles. The monoisotopic (exact) mass is 352 g/mol. The first-order valence-electron chi connectivity index (χ1n) is 10.6. The van der Waals surface area contributed by atoms with Crippen LogP contribution in [0.2, 0.25) is 0 Å².